The summed E-state index contributed by atoms with van der Waals surface area (Å²) in [5.74, 6) is -0.911. The largest absolute Gasteiger partial charge is 0.378 e. The van der Waals surface area contributed by atoms with E-state index in [1.165, 1.54) is 30.3 Å². The molecule has 0 saturated carbocycles. The second-order valence-electron chi connectivity index (χ2n) is 8.99. The first-order valence-corrected chi connectivity index (χ1v) is 13.2. The van der Waals surface area contributed by atoms with Crippen molar-refractivity contribution in [3.63, 3.8) is 0 Å². The molecule has 37 heavy (non-hydrogen) atoms. The number of nitrogens with one attached hydrogen (secondary N) is 2. The van der Waals surface area contributed by atoms with Gasteiger partial charge in [-0.3, -0.25) is 9.59 Å². The minimum Gasteiger partial charge on any atom is -0.378 e. The van der Waals surface area contributed by atoms with E-state index in [4.69, 9.17) is 0 Å². The molecule has 0 unspecified atom stereocenters. The van der Waals surface area contributed by atoms with Gasteiger partial charge in [0.05, 0.1) is 21.0 Å². The van der Waals surface area contributed by atoms with E-state index in [0.29, 0.717) is 6.54 Å². The number of hydrogen-bond donors (Lipinski definition) is 2. The quantitative estimate of drug-likeness (QED) is 0.403. The number of sulfone groups is 1. The van der Waals surface area contributed by atoms with E-state index in [2.05, 4.69) is 34.9 Å². The Kier molecular flexibility index (Phi) is 6.27. The third-order valence-corrected chi connectivity index (χ3v) is 8.19. The van der Waals surface area contributed by atoms with Crippen LogP contribution in [0.15, 0.2) is 101 Å². The van der Waals surface area contributed by atoms with Crippen LogP contribution in [0, 0.1) is 0 Å². The van der Waals surface area contributed by atoms with Gasteiger partial charge in [0.2, 0.25) is 9.84 Å². The second kappa shape index (κ2) is 9.55. The van der Waals surface area contributed by atoms with Gasteiger partial charge in [-0.1, -0.05) is 48.5 Å². The summed E-state index contributed by atoms with van der Waals surface area (Å²) in [6, 6.07) is 26.5. The van der Waals surface area contributed by atoms with Crippen molar-refractivity contribution in [3.8, 4) is 11.1 Å². The van der Waals surface area contributed by atoms with Gasteiger partial charge in [0.15, 0.2) is 0 Å². The lowest BCUT2D eigenvalue weighted by Crippen LogP contribution is -2.23. The average Bonchev–Trinajstić information content (AvgIpc) is 2.99. The molecule has 1 aliphatic heterocycles. The van der Waals surface area contributed by atoms with Crippen molar-refractivity contribution in [2.24, 2.45) is 0 Å². The molecule has 4 aromatic rings. The maximum atomic E-state index is 13.1. The highest BCUT2D eigenvalue weighted by Crippen LogP contribution is 2.34. The van der Waals surface area contributed by atoms with Crippen LogP contribution in [-0.2, 0) is 16.4 Å². The minimum atomic E-state index is -3.92. The summed E-state index contributed by atoms with van der Waals surface area (Å²) in [5, 5.41) is 5.49. The molecule has 0 bridgehead atoms. The number of amides is 2. The molecule has 0 radical (unpaired) electrons. The number of rotatable bonds is 5. The van der Waals surface area contributed by atoms with Crippen LogP contribution in [0.2, 0.25) is 0 Å². The maximum Gasteiger partial charge on any atom is 0.257 e. The lowest BCUT2D eigenvalue weighted by Gasteiger charge is -2.13. The Morgan fingerprint density at radius 2 is 1.49 bits per heavy atom. The smallest absolute Gasteiger partial charge is 0.257 e. The van der Waals surface area contributed by atoms with Gasteiger partial charge in [0.25, 0.3) is 11.8 Å². The molecule has 0 aliphatic carbocycles. The van der Waals surface area contributed by atoms with Crippen molar-refractivity contribution in [2.45, 2.75) is 16.3 Å². The SMILES string of the molecule is CN(C)c1ccc(-c2ccc(CNC(=O)c3ccc4c(c3)NC(=O)c3ccccc3S4(=O)=O)cc2)cc1. The van der Waals surface area contributed by atoms with Gasteiger partial charge < -0.3 is 15.5 Å². The van der Waals surface area contributed by atoms with Gasteiger partial charge in [0, 0.05) is 31.9 Å². The summed E-state index contributed by atoms with van der Waals surface area (Å²) in [6.45, 7) is 0.297. The lowest BCUT2D eigenvalue weighted by molar-refractivity contribution is 0.0949. The number of nitrogens with zero attached hydrogens (tertiary/aromatic N) is 1. The fourth-order valence-electron chi connectivity index (χ4n) is 4.25. The van der Waals surface area contributed by atoms with Crippen LogP contribution in [0.25, 0.3) is 11.1 Å². The van der Waals surface area contributed by atoms with Crippen LogP contribution in [0.5, 0.6) is 0 Å². The third-order valence-electron chi connectivity index (χ3n) is 6.32. The van der Waals surface area contributed by atoms with Crippen LogP contribution in [-0.4, -0.2) is 34.3 Å². The molecular formula is C29H25N3O4S. The Hall–Kier alpha value is -4.43. The van der Waals surface area contributed by atoms with Crippen LogP contribution >= 0.6 is 0 Å². The van der Waals surface area contributed by atoms with E-state index in [0.717, 1.165) is 22.4 Å². The zero-order valence-electron chi connectivity index (χ0n) is 20.4. The third kappa shape index (κ3) is 4.71. The summed E-state index contributed by atoms with van der Waals surface area (Å²) in [4.78, 5) is 27.4. The van der Waals surface area contributed by atoms with Gasteiger partial charge in [0.1, 0.15) is 0 Å². The predicted octanol–water partition coefficient (Wildman–Crippen LogP) is 4.75. The molecule has 186 valence electrons. The number of carbonyl (C=O) groups excluding carboxylic acids is 2. The topological polar surface area (TPSA) is 95.6 Å². The zero-order valence-corrected chi connectivity index (χ0v) is 21.2. The van der Waals surface area contributed by atoms with Gasteiger partial charge in [-0.25, -0.2) is 8.42 Å². The standard InChI is InChI=1S/C29H25N3O4S/c1-32(2)23-14-11-21(12-15-23)20-9-7-19(8-10-20)18-30-28(33)22-13-16-27-25(17-22)31-29(34)24-5-3-4-6-26(24)37(27,35)36/h3-17H,18H2,1-2H3,(H,30,33)(H,31,34). The normalized spacial score (nSPS) is 13.5. The van der Waals surface area contributed by atoms with E-state index in [-0.39, 0.29) is 32.5 Å². The van der Waals surface area contributed by atoms with Crippen molar-refractivity contribution < 1.29 is 18.0 Å². The molecule has 8 heteroatoms. The molecule has 7 nitrogen and oxygen atoms in total. The maximum absolute atomic E-state index is 13.1. The Labute approximate surface area is 215 Å². The highest BCUT2D eigenvalue weighted by atomic mass is 32.2. The van der Waals surface area contributed by atoms with Crippen molar-refractivity contribution in [3.05, 3.63) is 108 Å². The van der Waals surface area contributed by atoms with Gasteiger partial charge in [-0.2, -0.15) is 0 Å². The summed E-state index contributed by atoms with van der Waals surface area (Å²) in [7, 11) is 0.0816. The van der Waals surface area contributed by atoms with Crippen LogP contribution in [0.4, 0.5) is 11.4 Å². The molecule has 0 fully saturated rings. The average molecular weight is 512 g/mol. The van der Waals surface area contributed by atoms with E-state index in [1.54, 1.807) is 12.1 Å². The Morgan fingerprint density at radius 3 is 2.16 bits per heavy atom. The molecule has 0 spiro atoms. The molecule has 2 amide bonds. The van der Waals surface area contributed by atoms with E-state index in [1.807, 2.05) is 43.3 Å². The van der Waals surface area contributed by atoms with Gasteiger partial charge in [-0.05, 0) is 59.2 Å². The van der Waals surface area contributed by atoms with Gasteiger partial charge in [-0.15, -0.1) is 0 Å². The molecule has 1 heterocycles. The van der Waals surface area contributed by atoms with Crippen LogP contribution < -0.4 is 15.5 Å². The Morgan fingerprint density at radius 1 is 0.838 bits per heavy atom. The summed E-state index contributed by atoms with van der Waals surface area (Å²) >= 11 is 0. The fraction of sp³-hybridized carbons (Fsp3) is 0.103. The molecular weight excluding hydrogens is 486 g/mol. The molecule has 0 atom stereocenters. The first kappa shape index (κ1) is 24.3. The highest BCUT2D eigenvalue weighted by Gasteiger charge is 2.31. The summed E-state index contributed by atoms with van der Waals surface area (Å²) in [5.41, 5.74) is 4.62. The number of anilines is 2. The zero-order chi connectivity index (χ0) is 26.2. The van der Waals surface area contributed by atoms with Crippen molar-refractivity contribution in [2.75, 3.05) is 24.3 Å². The minimum absolute atomic E-state index is 0.0449. The van der Waals surface area contributed by atoms with Crippen LogP contribution in [0.1, 0.15) is 26.3 Å². The Bertz CT molecular complexity index is 1610. The fourth-order valence-corrected chi connectivity index (χ4v) is 5.84. The van der Waals surface area contributed by atoms with Crippen molar-refractivity contribution in [1.29, 1.82) is 0 Å². The van der Waals surface area contributed by atoms with Crippen molar-refractivity contribution in [1.82, 2.24) is 5.32 Å². The molecule has 5 rings (SSSR count). The molecule has 0 saturated heterocycles. The summed E-state index contributed by atoms with van der Waals surface area (Å²) < 4.78 is 26.3. The predicted molar refractivity (Wildman–Crippen MR) is 144 cm³/mol. The van der Waals surface area contributed by atoms with Crippen LogP contribution in [0.3, 0.4) is 0 Å². The lowest BCUT2D eigenvalue weighted by atomic mass is 10.0. The van der Waals surface area contributed by atoms with E-state index < -0.39 is 15.7 Å². The van der Waals surface area contributed by atoms with E-state index in [9.17, 15) is 18.0 Å². The Balaban J connectivity index is 1.30. The molecule has 0 aromatic heterocycles. The first-order valence-electron chi connectivity index (χ1n) is 11.7. The monoisotopic (exact) mass is 511 g/mol. The first-order chi connectivity index (χ1) is 17.7. The van der Waals surface area contributed by atoms with E-state index >= 15 is 0 Å². The highest BCUT2D eigenvalue weighted by molar-refractivity contribution is 7.91. The van der Waals surface area contributed by atoms with Gasteiger partial charge >= 0.3 is 0 Å². The molecule has 4 aromatic carbocycles. The summed E-state index contributed by atoms with van der Waals surface area (Å²) in [6.07, 6.45) is 0. The molecule has 2 N–H and O–H groups in total. The number of benzene rings is 4. The number of hydrogen-bond acceptors (Lipinski definition) is 5. The van der Waals surface area contributed by atoms with Crippen molar-refractivity contribution >= 4 is 33.0 Å². The molecule has 1 aliphatic rings. The number of fused-ring (bicyclic) bond motifs is 2. The number of carbonyl (C=O) groups is 2. The second-order valence-corrected chi connectivity index (χ2v) is 10.9.